The van der Waals surface area contributed by atoms with Crippen LogP contribution in [0, 0.1) is 0 Å². The van der Waals surface area contributed by atoms with E-state index in [1.807, 2.05) is 31.2 Å². The molecule has 1 saturated heterocycles. The second-order valence-corrected chi connectivity index (χ2v) is 6.47. The van der Waals surface area contributed by atoms with Crippen LogP contribution in [-0.2, 0) is 4.74 Å². The number of carbonyl (C=O) groups is 1. The van der Waals surface area contributed by atoms with Gasteiger partial charge in [0.1, 0.15) is 6.10 Å². The normalized spacial score (nSPS) is 18.2. The monoisotopic (exact) mass is 344 g/mol. The highest BCUT2D eigenvalue weighted by molar-refractivity contribution is 6.30. The van der Waals surface area contributed by atoms with E-state index in [0.29, 0.717) is 10.9 Å². The molecule has 0 radical (unpaired) electrons. The summed E-state index contributed by atoms with van der Waals surface area (Å²) < 4.78 is 5.41. The lowest BCUT2D eigenvalue weighted by Crippen LogP contribution is -2.16. The number of hydrogen-bond acceptors (Lipinski definition) is 3. The Hall–Kier alpha value is -2.04. The Morgan fingerprint density at radius 3 is 2.54 bits per heavy atom. The van der Waals surface area contributed by atoms with Gasteiger partial charge in [-0.25, -0.2) is 4.79 Å². The van der Waals surface area contributed by atoms with Crippen LogP contribution in [-0.4, -0.2) is 19.2 Å². The first kappa shape index (κ1) is 16.8. The average molecular weight is 345 g/mol. The zero-order chi connectivity index (χ0) is 16.9. The largest absolute Gasteiger partial charge is 0.441 e. The maximum absolute atomic E-state index is 12.0. The van der Waals surface area contributed by atoms with Gasteiger partial charge in [0.15, 0.2) is 0 Å². The van der Waals surface area contributed by atoms with Crippen molar-refractivity contribution in [3.8, 4) is 0 Å². The standard InChI is InChI=1S/C19H21ClN2O2/c1-13(14-2-6-17(20)7-3-14)24-19(23)22-18-8-4-15(5-9-18)16-10-11-21-12-16/h2-9,13,16,21H,10-12H2,1H3,(H,22,23). The molecule has 2 unspecified atom stereocenters. The zero-order valence-corrected chi connectivity index (χ0v) is 14.3. The minimum absolute atomic E-state index is 0.342. The molecule has 4 nitrogen and oxygen atoms in total. The third-order valence-corrected chi connectivity index (χ3v) is 4.56. The number of ether oxygens (including phenoxy) is 1. The summed E-state index contributed by atoms with van der Waals surface area (Å²) in [5.74, 6) is 0.566. The molecule has 0 saturated carbocycles. The van der Waals surface area contributed by atoms with Crippen molar-refractivity contribution >= 4 is 23.4 Å². The third kappa shape index (κ3) is 4.28. The van der Waals surface area contributed by atoms with Crippen LogP contribution in [0.25, 0.3) is 0 Å². The lowest BCUT2D eigenvalue weighted by atomic mass is 9.98. The number of anilines is 1. The van der Waals surface area contributed by atoms with Gasteiger partial charge in [0.05, 0.1) is 0 Å². The smallest absolute Gasteiger partial charge is 0.412 e. The molecule has 0 aromatic heterocycles. The topological polar surface area (TPSA) is 50.4 Å². The van der Waals surface area contributed by atoms with Crippen molar-refractivity contribution in [2.45, 2.75) is 25.4 Å². The molecule has 2 atom stereocenters. The van der Waals surface area contributed by atoms with E-state index in [0.717, 1.165) is 30.8 Å². The Balaban J connectivity index is 1.55. The van der Waals surface area contributed by atoms with Crippen molar-refractivity contribution < 1.29 is 9.53 Å². The molecule has 2 aromatic carbocycles. The number of carbonyl (C=O) groups excluding carboxylic acids is 1. The van der Waals surface area contributed by atoms with Gasteiger partial charge < -0.3 is 10.1 Å². The van der Waals surface area contributed by atoms with Gasteiger partial charge in [-0.05, 0) is 61.2 Å². The molecule has 1 heterocycles. The van der Waals surface area contributed by atoms with Gasteiger partial charge in [0.2, 0.25) is 0 Å². The number of halogens is 1. The molecule has 5 heteroatoms. The number of rotatable bonds is 4. The van der Waals surface area contributed by atoms with Gasteiger partial charge in [-0.2, -0.15) is 0 Å². The van der Waals surface area contributed by atoms with E-state index in [1.54, 1.807) is 12.1 Å². The summed E-state index contributed by atoms with van der Waals surface area (Å²) in [6.07, 6.45) is 0.354. The molecule has 24 heavy (non-hydrogen) atoms. The van der Waals surface area contributed by atoms with Crippen molar-refractivity contribution in [2.24, 2.45) is 0 Å². The Bertz CT molecular complexity index is 680. The number of amides is 1. The van der Waals surface area contributed by atoms with Crippen LogP contribution in [0.15, 0.2) is 48.5 Å². The molecule has 0 aliphatic carbocycles. The first-order chi connectivity index (χ1) is 11.6. The molecule has 1 amide bonds. The van der Waals surface area contributed by atoms with Crippen molar-refractivity contribution in [3.63, 3.8) is 0 Å². The molecule has 3 rings (SSSR count). The lowest BCUT2D eigenvalue weighted by Gasteiger charge is -2.15. The van der Waals surface area contributed by atoms with E-state index in [2.05, 4.69) is 22.8 Å². The van der Waals surface area contributed by atoms with Gasteiger partial charge >= 0.3 is 6.09 Å². The summed E-state index contributed by atoms with van der Waals surface area (Å²) in [7, 11) is 0. The molecule has 0 bridgehead atoms. The van der Waals surface area contributed by atoms with Gasteiger partial charge in [0, 0.05) is 17.3 Å². The zero-order valence-electron chi connectivity index (χ0n) is 13.6. The molecule has 1 aliphatic rings. The van der Waals surface area contributed by atoms with Crippen molar-refractivity contribution in [2.75, 3.05) is 18.4 Å². The van der Waals surface area contributed by atoms with Crippen LogP contribution in [0.1, 0.15) is 36.5 Å². The fraction of sp³-hybridized carbons (Fsp3) is 0.316. The second-order valence-electron chi connectivity index (χ2n) is 6.04. The van der Waals surface area contributed by atoms with Crippen molar-refractivity contribution in [1.82, 2.24) is 5.32 Å². The minimum atomic E-state index is -0.465. The maximum atomic E-state index is 12.0. The maximum Gasteiger partial charge on any atom is 0.412 e. The van der Waals surface area contributed by atoms with Crippen LogP contribution >= 0.6 is 11.6 Å². The second kappa shape index (κ2) is 7.69. The molecule has 0 spiro atoms. The summed E-state index contributed by atoms with van der Waals surface area (Å²) in [6.45, 7) is 3.92. The van der Waals surface area contributed by atoms with Gasteiger partial charge in [0.25, 0.3) is 0 Å². The van der Waals surface area contributed by atoms with E-state index in [4.69, 9.17) is 16.3 Å². The van der Waals surface area contributed by atoms with E-state index in [-0.39, 0.29) is 6.10 Å². The minimum Gasteiger partial charge on any atom is -0.441 e. The van der Waals surface area contributed by atoms with Crippen LogP contribution in [0.4, 0.5) is 10.5 Å². The Morgan fingerprint density at radius 1 is 1.21 bits per heavy atom. The molecule has 1 fully saturated rings. The first-order valence-corrected chi connectivity index (χ1v) is 8.53. The molecule has 1 aliphatic heterocycles. The highest BCUT2D eigenvalue weighted by Gasteiger charge is 2.16. The number of hydrogen-bond donors (Lipinski definition) is 2. The number of benzene rings is 2. The van der Waals surface area contributed by atoms with Gasteiger partial charge in [-0.3, -0.25) is 5.32 Å². The predicted molar refractivity (Wildman–Crippen MR) is 96.6 cm³/mol. The lowest BCUT2D eigenvalue weighted by molar-refractivity contribution is 0.121. The number of nitrogens with one attached hydrogen (secondary N) is 2. The van der Waals surface area contributed by atoms with E-state index in [1.165, 1.54) is 5.56 Å². The van der Waals surface area contributed by atoms with E-state index in [9.17, 15) is 4.79 Å². The summed E-state index contributed by atoms with van der Waals surface area (Å²) in [4.78, 5) is 12.0. The summed E-state index contributed by atoms with van der Waals surface area (Å²) in [6, 6.07) is 15.2. The van der Waals surface area contributed by atoms with Crippen LogP contribution < -0.4 is 10.6 Å². The SMILES string of the molecule is CC(OC(=O)Nc1ccc(C2CCNC2)cc1)c1ccc(Cl)cc1. The van der Waals surface area contributed by atoms with Crippen molar-refractivity contribution in [3.05, 3.63) is 64.7 Å². The molecular formula is C19H21ClN2O2. The van der Waals surface area contributed by atoms with Crippen LogP contribution in [0.2, 0.25) is 5.02 Å². The first-order valence-electron chi connectivity index (χ1n) is 8.15. The van der Waals surface area contributed by atoms with Crippen LogP contribution in [0.5, 0.6) is 0 Å². The fourth-order valence-corrected chi connectivity index (χ4v) is 3.01. The van der Waals surface area contributed by atoms with Crippen molar-refractivity contribution in [1.29, 1.82) is 0 Å². The highest BCUT2D eigenvalue weighted by Crippen LogP contribution is 2.24. The quantitative estimate of drug-likeness (QED) is 0.843. The molecular weight excluding hydrogens is 324 g/mol. The third-order valence-electron chi connectivity index (χ3n) is 4.31. The summed E-state index contributed by atoms with van der Waals surface area (Å²) >= 11 is 5.87. The van der Waals surface area contributed by atoms with Crippen LogP contribution in [0.3, 0.4) is 0 Å². The van der Waals surface area contributed by atoms with Gasteiger partial charge in [-0.1, -0.05) is 35.9 Å². The summed E-state index contributed by atoms with van der Waals surface area (Å²) in [5, 5.41) is 6.79. The Labute approximate surface area is 147 Å². The summed E-state index contributed by atoms with van der Waals surface area (Å²) in [5.41, 5.74) is 2.94. The molecule has 126 valence electrons. The molecule has 2 N–H and O–H groups in total. The predicted octanol–water partition coefficient (Wildman–Crippen LogP) is 4.73. The van der Waals surface area contributed by atoms with E-state index >= 15 is 0 Å². The Kier molecular flexibility index (Phi) is 5.38. The highest BCUT2D eigenvalue weighted by atomic mass is 35.5. The fourth-order valence-electron chi connectivity index (χ4n) is 2.89. The van der Waals surface area contributed by atoms with E-state index < -0.39 is 6.09 Å². The van der Waals surface area contributed by atoms with Gasteiger partial charge in [-0.15, -0.1) is 0 Å². The Morgan fingerprint density at radius 2 is 1.92 bits per heavy atom. The average Bonchev–Trinajstić information content (AvgIpc) is 3.10. The molecule has 2 aromatic rings.